The Morgan fingerprint density at radius 1 is 0.462 bits per heavy atom. The Labute approximate surface area is 232 Å². The summed E-state index contributed by atoms with van der Waals surface area (Å²) in [5.74, 6) is 0. The normalized spacial score (nSPS) is 12.1. The van der Waals surface area contributed by atoms with Crippen LogP contribution in [0.1, 0.15) is 0 Å². The SMILES string of the molecule is c1ccc(-c2cccc3sc4cc(-n5c6ccccc6c6ccc7c8ccccc8sc7c65)ccc4c23)cc1. The molecule has 3 heterocycles. The zero-order chi connectivity index (χ0) is 25.5. The van der Waals surface area contributed by atoms with Gasteiger partial charge in [-0.2, -0.15) is 0 Å². The smallest absolute Gasteiger partial charge is 0.0719 e. The number of hydrogen-bond acceptors (Lipinski definition) is 2. The summed E-state index contributed by atoms with van der Waals surface area (Å²) in [5, 5.41) is 7.96. The third kappa shape index (κ3) is 3.00. The lowest BCUT2D eigenvalue weighted by Gasteiger charge is -2.09. The highest BCUT2D eigenvalue weighted by atomic mass is 32.1. The summed E-state index contributed by atoms with van der Waals surface area (Å²) >= 11 is 3.79. The van der Waals surface area contributed by atoms with Crippen LogP contribution >= 0.6 is 22.7 Å². The van der Waals surface area contributed by atoms with Crippen LogP contribution in [0.3, 0.4) is 0 Å². The number of benzene rings is 6. The van der Waals surface area contributed by atoms with Crippen molar-refractivity contribution in [3.05, 3.63) is 127 Å². The second-order valence-corrected chi connectivity index (χ2v) is 12.3. The molecule has 0 atom stereocenters. The fraction of sp³-hybridized carbons (Fsp3) is 0. The van der Waals surface area contributed by atoms with Gasteiger partial charge in [0.1, 0.15) is 0 Å². The second-order valence-electron chi connectivity index (χ2n) is 10.1. The van der Waals surface area contributed by atoms with Crippen LogP contribution in [0, 0.1) is 0 Å². The van der Waals surface area contributed by atoms with Crippen LogP contribution in [0.5, 0.6) is 0 Å². The van der Waals surface area contributed by atoms with Crippen LogP contribution < -0.4 is 0 Å². The van der Waals surface area contributed by atoms with Gasteiger partial charge < -0.3 is 4.57 Å². The van der Waals surface area contributed by atoms with Gasteiger partial charge >= 0.3 is 0 Å². The summed E-state index contributed by atoms with van der Waals surface area (Å²) in [7, 11) is 0. The Hall–Kier alpha value is -4.44. The summed E-state index contributed by atoms with van der Waals surface area (Å²) in [4.78, 5) is 0. The molecule has 9 rings (SSSR count). The van der Waals surface area contributed by atoms with Crippen molar-refractivity contribution in [2.24, 2.45) is 0 Å². The van der Waals surface area contributed by atoms with Gasteiger partial charge in [-0.05, 0) is 41.5 Å². The average molecular weight is 532 g/mol. The number of nitrogens with zero attached hydrogens (tertiary/aromatic N) is 1. The van der Waals surface area contributed by atoms with Gasteiger partial charge in [-0.15, -0.1) is 22.7 Å². The molecule has 0 amide bonds. The number of fused-ring (bicyclic) bond motifs is 10. The molecule has 182 valence electrons. The summed E-state index contributed by atoms with van der Waals surface area (Å²) in [6, 6.07) is 46.7. The van der Waals surface area contributed by atoms with Crippen molar-refractivity contribution in [2.45, 2.75) is 0 Å². The molecular weight excluding hydrogens is 511 g/mol. The van der Waals surface area contributed by atoms with Crippen LogP contribution in [0.2, 0.25) is 0 Å². The van der Waals surface area contributed by atoms with Gasteiger partial charge in [0.2, 0.25) is 0 Å². The van der Waals surface area contributed by atoms with Gasteiger partial charge in [0.15, 0.2) is 0 Å². The standard InChI is InChI=1S/C36H21NS2/c1-2-9-22(10-3-1)24-13-8-16-32-34(24)29-18-17-23(21-33(29)38-32)37-30-14-6-4-11-25(30)27-19-20-28-26-12-5-7-15-31(26)39-36(28)35(27)37/h1-21H. The van der Waals surface area contributed by atoms with Crippen LogP contribution in [-0.4, -0.2) is 4.57 Å². The van der Waals surface area contributed by atoms with Crippen molar-refractivity contribution >= 4 is 84.8 Å². The second kappa shape index (κ2) is 8.03. The number of para-hydroxylation sites is 1. The van der Waals surface area contributed by atoms with Gasteiger partial charge in [0.05, 0.1) is 15.7 Å². The maximum Gasteiger partial charge on any atom is 0.0719 e. The van der Waals surface area contributed by atoms with Crippen LogP contribution in [-0.2, 0) is 0 Å². The molecule has 6 aromatic carbocycles. The van der Waals surface area contributed by atoms with Crippen molar-refractivity contribution in [3.8, 4) is 16.8 Å². The van der Waals surface area contributed by atoms with Gasteiger partial charge in [0, 0.05) is 52.1 Å². The van der Waals surface area contributed by atoms with Crippen molar-refractivity contribution in [3.63, 3.8) is 0 Å². The van der Waals surface area contributed by atoms with Crippen LogP contribution in [0.25, 0.3) is 79.0 Å². The Morgan fingerprint density at radius 3 is 2.13 bits per heavy atom. The Bertz CT molecular complexity index is 2390. The molecule has 0 saturated carbocycles. The molecule has 3 aromatic heterocycles. The van der Waals surface area contributed by atoms with E-state index >= 15 is 0 Å². The first-order valence-electron chi connectivity index (χ1n) is 13.2. The van der Waals surface area contributed by atoms with Gasteiger partial charge in [-0.25, -0.2) is 0 Å². The minimum absolute atomic E-state index is 1.21. The summed E-state index contributed by atoms with van der Waals surface area (Å²) in [5.41, 5.74) is 6.34. The molecular formula is C36H21NS2. The molecule has 0 N–H and O–H groups in total. The monoisotopic (exact) mass is 531 g/mol. The number of thiophene rings is 2. The lowest BCUT2D eigenvalue weighted by atomic mass is 9.99. The topological polar surface area (TPSA) is 4.93 Å². The van der Waals surface area contributed by atoms with Crippen LogP contribution in [0.4, 0.5) is 0 Å². The molecule has 0 fully saturated rings. The average Bonchev–Trinajstić information content (AvgIpc) is 3.66. The van der Waals surface area contributed by atoms with Crippen molar-refractivity contribution < 1.29 is 0 Å². The molecule has 0 unspecified atom stereocenters. The van der Waals surface area contributed by atoms with E-state index in [0.717, 1.165) is 0 Å². The zero-order valence-electron chi connectivity index (χ0n) is 20.9. The molecule has 3 heteroatoms. The maximum absolute atomic E-state index is 2.49. The Morgan fingerprint density at radius 2 is 1.21 bits per heavy atom. The number of hydrogen-bond donors (Lipinski definition) is 0. The first-order valence-corrected chi connectivity index (χ1v) is 14.8. The van der Waals surface area contributed by atoms with E-state index < -0.39 is 0 Å². The predicted octanol–water partition coefficient (Wildman–Crippen LogP) is 11.2. The lowest BCUT2D eigenvalue weighted by molar-refractivity contribution is 1.19. The van der Waals surface area contributed by atoms with Crippen molar-refractivity contribution in [2.75, 3.05) is 0 Å². The quantitative estimate of drug-likeness (QED) is 0.209. The summed E-state index contributed by atoms with van der Waals surface area (Å²) in [6.45, 7) is 0. The first kappa shape index (κ1) is 21.5. The molecule has 0 saturated heterocycles. The fourth-order valence-corrected chi connectivity index (χ4v) is 8.72. The zero-order valence-corrected chi connectivity index (χ0v) is 22.5. The Kier molecular flexibility index (Phi) is 4.43. The third-order valence-electron chi connectivity index (χ3n) is 8.00. The molecule has 39 heavy (non-hydrogen) atoms. The van der Waals surface area contributed by atoms with Gasteiger partial charge in [-0.1, -0.05) is 97.1 Å². The molecule has 0 aliphatic carbocycles. The van der Waals surface area contributed by atoms with E-state index in [1.165, 1.54) is 79.0 Å². The summed E-state index contributed by atoms with van der Waals surface area (Å²) < 4.78 is 7.83. The first-order chi connectivity index (χ1) is 19.3. The summed E-state index contributed by atoms with van der Waals surface area (Å²) in [6.07, 6.45) is 0. The predicted molar refractivity (Wildman–Crippen MR) is 172 cm³/mol. The largest absolute Gasteiger partial charge is 0.308 e. The molecule has 0 bridgehead atoms. The minimum atomic E-state index is 1.21. The van der Waals surface area contributed by atoms with E-state index in [1.807, 2.05) is 22.7 Å². The molecule has 0 aliphatic rings. The highest BCUT2D eigenvalue weighted by Crippen LogP contribution is 2.45. The highest BCUT2D eigenvalue weighted by molar-refractivity contribution is 7.27. The van der Waals surface area contributed by atoms with Crippen molar-refractivity contribution in [1.29, 1.82) is 0 Å². The molecule has 0 spiro atoms. The van der Waals surface area contributed by atoms with Crippen molar-refractivity contribution in [1.82, 2.24) is 4.57 Å². The Balaban J connectivity index is 1.38. The third-order valence-corrected chi connectivity index (χ3v) is 10.3. The molecule has 1 nitrogen and oxygen atoms in total. The van der Waals surface area contributed by atoms with E-state index in [0.29, 0.717) is 0 Å². The van der Waals surface area contributed by atoms with E-state index in [4.69, 9.17) is 0 Å². The van der Waals surface area contributed by atoms with E-state index in [-0.39, 0.29) is 0 Å². The van der Waals surface area contributed by atoms with E-state index in [2.05, 4.69) is 132 Å². The maximum atomic E-state index is 2.49. The van der Waals surface area contributed by atoms with E-state index in [9.17, 15) is 0 Å². The minimum Gasteiger partial charge on any atom is -0.308 e. The molecule has 9 aromatic rings. The highest BCUT2D eigenvalue weighted by Gasteiger charge is 2.18. The van der Waals surface area contributed by atoms with Gasteiger partial charge in [0.25, 0.3) is 0 Å². The molecule has 0 radical (unpaired) electrons. The van der Waals surface area contributed by atoms with Crippen LogP contribution in [0.15, 0.2) is 127 Å². The van der Waals surface area contributed by atoms with Gasteiger partial charge in [-0.3, -0.25) is 0 Å². The van der Waals surface area contributed by atoms with E-state index in [1.54, 1.807) is 0 Å². The molecule has 0 aliphatic heterocycles. The lowest BCUT2D eigenvalue weighted by Crippen LogP contribution is -1.93. The fourth-order valence-electron chi connectivity index (χ4n) is 6.31. The number of rotatable bonds is 2. The number of aromatic nitrogens is 1.